The van der Waals surface area contributed by atoms with Crippen molar-refractivity contribution in [2.45, 2.75) is 52.6 Å². The maximum atomic E-state index is 13.8. The Kier molecular flexibility index (Phi) is 10.6. The molecule has 0 saturated carbocycles. The third kappa shape index (κ3) is 7.66. The Hall–Kier alpha value is -4.47. The van der Waals surface area contributed by atoms with Crippen molar-refractivity contribution in [2.24, 2.45) is 0 Å². The number of halogens is 3. The molecule has 0 aromatic heterocycles. The van der Waals surface area contributed by atoms with Gasteiger partial charge >= 0.3 is 5.97 Å². The molecule has 0 radical (unpaired) electrons. The molecule has 4 aromatic carbocycles. The summed E-state index contributed by atoms with van der Waals surface area (Å²) < 4.78 is 45.4. The predicted molar refractivity (Wildman–Crippen MR) is 172 cm³/mol. The third-order valence-corrected chi connectivity index (χ3v) is 8.37. The lowest BCUT2D eigenvalue weighted by atomic mass is 9.91. The lowest BCUT2D eigenvalue weighted by Gasteiger charge is -2.18. The highest BCUT2D eigenvalue weighted by molar-refractivity contribution is 6.32. The number of benzene rings is 4. The van der Waals surface area contributed by atoms with E-state index in [1.54, 1.807) is 25.2 Å². The van der Waals surface area contributed by atoms with E-state index in [2.05, 4.69) is 10.6 Å². The first-order valence-corrected chi connectivity index (χ1v) is 15.4. The summed E-state index contributed by atoms with van der Waals surface area (Å²) in [6.07, 6.45) is 1.58. The topological polar surface area (TPSA) is 85.9 Å². The minimum atomic E-state index is -0.718. The molecular weight excluding hydrogens is 614 g/mol. The van der Waals surface area contributed by atoms with Gasteiger partial charge in [0.15, 0.2) is 0 Å². The van der Waals surface area contributed by atoms with E-state index in [9.17, 15) is 18.4 Å². The van der Waals surface area contributed by atoms with Crippen LogP contribution in [-0.2, 0) is 29.4 Å². The van der Waals surface area contributed by atoms with Gasteiger partial charge in [-0.1, -0.05) is 41.9 Å². The quantitative estimate of drug-likeness (QED) is 0.167. The molecule has 1 amide bonds. The summed E-state index contributed by atoms with van der Waals surface area (Å²) in [5.41, 5.74) is 6.02. The Morgan fingerprint density at radius 1 is 0.870 bits per heavy atom. The summed E-state index contributed by atoms with van der Waals surface area (Å²) in [5, 5.41) is 6.07. The molecule has 240 valence electrons. The third-order valence-electron chi connectivity index (χ3n) is 8.07. The van der Waals surface area contributed by atoms with Gasteiger partial charge in [-0.3, -0.25) is 9.59 Å². The van der Waals surface area contributed by atoms with E-state index in [0.29, 0.717) is 29.0 Å². The first-order valence-electron chi connectivity index (χ1n) is 15.0. The van der Waals surface area contributed by atoms with Gasteiger partial charge in [-0.2, -0.15) is 0 Å². The van der Waals surface area contributed by atoms with Gasteiger partial charge in [-0.15, -0.1) is 0 Å². The fraction of sp³-hybridized carbons (Fsp3) is 0.278. The Bertz CT molecular complexity index is 1740. The number of amides is 1. The van der Waals surface area contributed by atoms with Crippen molar-refractivity contribution >= 4 is 23.5 Å². The highest BCUT2D eigenvalue weighted by Crippen LogP contribution is 2.36. The summed E-state index contributed by atoms with van der Waals surface area (Å²) in [5.74, 6) is -1.35. The van der Waals surface area contributed by atoms with Crippen LogP contribution in [0.5, 0.6) is 11.5 Å². The maximum absolute atomic E-state index is 13.8. The number of ether oxygens (including phenoxy) is 3. The monoisotopic (exact) mass is 648 g/mol. The minimum absolute atomic E-state index is 0.112. The molecule has 0 unspecified atom stereocenters. The molecule has 46 heavy (non-hydrogen) atoms. The standard InChI is InChI=1S/C36H35ClF2N2O5/c1-21-24(7-4-8-28(21)29-9-5-10-30(22(29)2)35(42)40-3)19-45-34-17-33(44-18-23-13-26(38)16-27(39)14-23)25(15-31(34)37)20-46-36(43)32-11-6-12-41-32/h4-5,7-10,13-17,32,41H,6,11-12,18-20H2,1-3H3,(H,40,42)/t32-/m0/s1. The van der Waals surface area contributed by atoms with Crippen molar-refractivity contribution in [3.63, 3.8) is 0 Å². The van der Waals surface area contributed by atoms with Gasteiger partial charge in [0.05, 0.1) is 5.02 Å². The van der Waals surface area contributed by atoms with Crippen LogP contribution >= 0.6 is 11.6 Å². The lowest BCUT2D eigenvalue weighted by Crippen LogP contribution is -2.32. The van der Waals surface area contributed by atoms with Gasteiger partial charge in [0.25, 0.3) is 5.91 Å². The second-order valence-electron chi connectivity index (χ2n) is 11.1. The SMILES string of the molecule is CNC(=O)c1cccc(-c2cccc(COc3cc(OCc4cc(F)cc(F)c4)c(COC(=O)[C@@H]4CCCN4)cc3Cl)c2C)c1C. The lowest BCUT2D eigenvalue weighted by molar-refractivity contribution is -0.147. The Morgan fingerprint density at radius 2 is 1.57 bits per heavy atom. The van der Waals surface area contributed by atoms with Crippen LogP contribution in [-0.4, -0.2) is 31.5 Å². The molecule has 4 aromatic rings. The molecule has 7 nitrogen and oxygen atoms in total. The fourth-order valence-electron chi connectivity index (χ4n) is 5.52. The molecule has 0 aliphatic carbocycles. The zero-order valence-corrected chi connectivity index (χ0v) is 26.6. The van der Waals surface area contributed by atoms with E-state index in [1.807, 2.05) is 44.2 Å². The van der Waals surface area contributed by atoms with Crippen LogP contribution in [0.25, 0.3) is 11.1 Å². The van der Waals surface area contributed by atoms with Crippen LogP contribution in [0.15, 0.2) is 66.7 Å². The average Bonchev–Trinajstić information content (AvgIpc) is 3.58. The van der Waals surface area contributed by atoms with Gasteiger partial charge < -0.3 is 24.8 Å². The minimum Gasteiger partial charge on any atom is -0.488 e. The van der Waals surface area contributed by atoms with Gasteiger partial charge in [0.2, 0.25) is 0 Å². The number of hydrogen-bond donors (Lipinski definition) is 2. The van der Waals surface area contributed by atoms with Gasteiger partial charge in [-0.25, -0.2) is 8.78 Å². The van der Waals surface area contributed by atoms with Crippen molar-refractivity contribution in [1.82, 2.24) is 10.6 Å². The predicted octanol–water partition coefficient (Wildman–Crippen LogP) is 7.21. The van der Waals surface area contributed by atoms with Crippen molar-refractivity contribution in [3.05, 3.63) is 117 Å². The molecular formula is C36H35ClF2N2O5. The number of nitrogens with one attached hydrogen (secondary N) is 2. The van der Waals surface area contributed by atoms with E-state index < -0.39 is 11.6 Å². The highest BCUT2D eigenvalue weighted by Gasteiger charge is 2.24. The molecule has 1 fully saturated rings. The van der Waals surface area contributed by atoms with Gasteiger partial charge in [0.1, 0.15) is 49.0 Å². The summed E-state index contributed by atoms with van der Waals surface area (Å²) in [6.45, 7) is 4.58. The second kappa shape index (κ2) is 14.7. The van der Waals surface area contributed by atoms with Crippen LogP contribution in [0.3, 0.4) is 0 Å². The number of rotatable bonds is 11. The molecule has 1 aliphatic heterocycles. The molecule has 1 atom stereocenters. The normalized spacial score (nSPS) is 14.2. The van der Waals surface area contributed by atoms with E-state index in [4.69, 9.17) is 25.8 Å². The van der Waals surface area contributed by atoms with E-state index in [1.165, 1.54) is 12.1 Å². The van der Waals surface area contributed by atoms with Crippen LogP contribution in [0, 0.1) is 25.5 Å². The Morgan fingerprint density at radius 3 is 2.26 bits per heavy atom. The smallest absolute Gasteiger partial charge is 0.323 e. The van der Waals surface area contributed by atoms with E-state index in [-0.39, 0.29) is 48.3 Å². The molecule has 5 rings (SSSR count). The molecule has 0 bridgehead atoms. The van der Waals surface area contributed by atoms with Gasteiger partial charge in [-0.05, 0) is 90.9 Å². The largest absolute Gasteiger partial charge is 0.488 e. The van der Waals surface area contributed by atoms with Gasteiger partial charge in [0, 0.05) is 30.3 Å². The molecule has 0 spiro atoms. The Balaban J connectivity index is 1.39. The second-order valence-corrected chi connectivity index (χ2v) is 11.6. The van der Waals surface area contributed by atoms with Crippen LogP contribution < -0.4 is 20.1 Å². The molecule has 2 N–H and O–H groups in total. The van der Waals surface area contributed by atoms with Crippen LogP contribution in [0.1, 0.15) is 51.0 Å². The maximum Gasteiger partial charge on any atom is 0.323 e. The zero-order valence-electron chi connectivity index (χ0n) is 25.8. The first-order chi connectivity index (χ1) is 22.1. The number of carbonyl (C=O) groups is 2. The van der Waals surface area contributed by atoms with Crippen molar-refractivity contribution in [2.75, 3.05) is 13.6 Å². The zero-order chi connectivity index (χ0) is 32.8. The first kappa shape index (κ1) is 32.9. The fourth-order valence-corrected chi connectivity index (χ4v) is 5.76. The number of esters is 1. The molecule has 1 aliphatic rings. The number of hydrogen-bond acceptors (Lipinski definition) is 6. The highest BCUT2D eigenvalue weighted by atomic mass is 35.5. The van der Waals surface area contributed by atoms with Crippen LogP contribution in [0.2, 0.25) is 5.02 Å². The summed E-state index contributed by atoms with van der Waals surface area (Å²) >= 11 is 6.65. The van der Waals surface area contributed by atoms with Crippen molar-refractivity contribution in [1.29, 1.82) is 0 Å². The summed E-state index contributed by atoms with van der Waals surface area (Å²) in [4.78, 5) is 24.9. The van der Waals surface area contributed by atoms with Crippen molar-refractivity contribution < 1.29 is 32.6 Å². The average molecular weight is 649 g/mol. The van der Waals surface area contributed by atoms with E-state index >= 15 is 0 Å². The van der Waals surface area contributed by atoms with E-state index in [0.717, 1.165) is 46.8 Å². The van der Waals surface area contributed by atoms with Crippen LogP contribution in [0.4, 0.5) is 8.78 Å². The Labute approximate surface area is 271 Å². The summed E-state index contributed by atoms with van der Waals surface area (Å²) in [6, 6.07) is 17.5. The molecule has 10 heteroatoms. The number of carbonyl (C=O) groups excluding carboxylic acids is 2. The summed E-state index contributed by atoms with van der Waals surface area (Å²) in [7, 11) is 1.60. The molecule has 1 saturated heterocycles. The van der Waals surface area contributed by atoms with Crippen molar-refractivity contribution in [3.8, 4) is 22.6 Å². The molecule has 1 heterocycles.